The van der Waals surface area contributed by atoms with Gasteiger partial charge in [0.2, 0.25) is 5.91 Å². The molecule has 0 heterocycles. The van der Waals surface area contributed by atoms with Gasteiger partial charge in [-0.05, 0) is 19.4 Å². The van der Waals surface area contributed by atoms with Crippen molar-refractivity contribution in [2.24, 2.45) is 5.73 Å². The van der Waals surface area contributed by atoms with Gasteiger partial charge in [0.05, 0.1) is 17.8 Å². The number of carbonyl (C=O) groups excluding carboxylic acids is 1. The summed E-state index contributed by atoms with van der Waals surface area (Å²) in [6, 6.07) is 4.65. The Hall–Kier alpha value is -1.47. The van der Waals surface area contributed by atoms with Crippen LogP contribution in [0.15, 0.2) is 24.3 Å². The second kappa shape index (κ2) is 6.81. The van der Waals surface area contributed by atoms with E-state index in [2.05, 4.69) is 5.32 Å². The molecule has 0 aromatic heterocycles. The summed E-state index contributed by atoms with van der Waals surface area (Å²) in [6.45, 7) is 1.64. The third-order valence-corrected chi connectivity index (χ3v) is 3.84. The van der Waals surface area contributed by atoms with Crippen molar-refractivity contribution in [1.29, 1.82) is 0 Å². The number of carbonyl (C=O) groups is 1. The van der Waals surface area contributed by atoms with Gasteiger partial charge < -0.3 is 11.1 Å². The molecular formula is C13H19FN2O3S. The molecule has 0 radical (unpaired) electrons. The summed E-state index contributed by atoms with van der Waals surface area (Å²) in [5, 5.41) is 2.57. The third-order valence-electron chi connectivity index (χ3n) is 2.87. The fraction of sp³-hybridized carbons (Fsp3) is 0.462. The molecule has 1 unspecified atom stereocenters. The van der Waals surface area contributed by atoms with Gasteiger partial charge in [0.25, 0.3) is 0 Å². The second-order valence-corrected chi connectivity index (χ2v) is 7.04. The fourth-order valence-corrected chi connectivity index (χ4v) is 2.38. The highest BCUT2D eigenvalue weighted by atomic mass is 32.2. The number of nitrogens with two attached hydrogens (primary N) is 1. The summed E-state index contributed by atoms with van der Waals surface area (Å²) < 4.78 is 35.6. The van der Waals surface area contributed by atoms with Crippen LogP contribution in [0.2, 0.25) is 0 Å². The summed E-state index contributed by atoms with van der Waals surface area (Å²) in [5.74, 6) is -1.07. The van der Waals surface area contributed by atoms with Crippen molar-refractivity contribution in [3.8, 4) is 0 Å². The van der Waals surface area contributed by atoms with Crippen molar-refractivity contribution >= 4 is 15.7 Å². The topological polar surface area (TPSA) is 89.3 Å². The summed E-state index contributed by atoms with van der Waals surface area (Å²) >= 11 is 0. The van der Waals surface area contributed by atoms with E-state index in [1.165, 1.54) is 6.07 Å². The highest BCUT2D eigenvalue weighted by molar-refractivity contribution is 7.90. The van der Waals surface area contributed by atoms with Gasteiger partial charge in [0, 0.05) is 11.8 Å². The number of hydrogen-bond acceptors (Lipinski definition) is 4. The maximum atomic E-state index is 13.5. The molecule has 112 valence electrons. The standard InChI is InChI=1S/C13H19FN2O3S/c1-9(10-5-3-4-6-11(10)14)16-13(17)12(15)7-8-20(2,18)19/h3-6,9,12H,7-8,15H2,1-2H3,(H,16,17)/t9-,12?/m1/s1. The summed E-state index contributed by atoms with van der Waals surface area (Å²) in [7, 11) is -3.16. The van der Waals surface area contributed by atoms with Gasteiger partial charge in [-0.3, -0.25) is 4.79 Å². The molecule has 0 saturated carbocycles. The zero-order valence-electron chi connectivity index (χ0n) is 11.5. The smallest absolute Gasteiger partial charge is 0.237 e. The van der Waals surface area contributed by atoms with Gasteiger partial charge >= 0.3 is 0 Å². The van der Waals surface area contributed by atoms with Crippen LogP contribution in [-0.4, -0.2) is 32.4 Å². The largest absolute Gasteiger partial charge is 0.348 e. The van der Waals surface area contributed by atoms with E-state index >= 15 is 0 Å². The van der Waals surface area contributed by atoms with Crippen LogP contribution in [0.1, 0.15) is 24.9 Å². The molecule has 7 heteroatoms. The van der Waals surface area contributed by atoms with Crippen molar-refractivity contribution in [3.63, 3.8) is 0 Å². The van der Waals surface area contributed by atoms with E-state index in [1.54, 1.807) is 25.1 Å². The van der Waals surface area contributed by atoms with Crippen LogP contribution in [0, 0.1) is 5.82 Å². The van der Waals surface area contributed by atoms with Crippen LogP contribution in [0.5, 0.6) is 0 Å². The normalized spacial score (nSPS) is 14.6. The van der Waals surface area contributed by atoms with E-state index in [-0.39, 0.29) is 12.2 Å². The molecule has 0 aliphatic heterocycles. The van der Waals surface area contributed by atoms with Crippen LogP contribution in [0.4, 0.5) is 4.39 Å². The molecule has 5 nitrogen and oxygen atoms in total. The van der Waals surface area contributed by atoms with E-state index in [4.69, 9.17) is 5.73 Å². The molecule has 1 aromatic carbocycles. The Labute approximate surface area is 118 Å². The van der Waals surface area contributed by atoms with Crippen LogP contribution in [0.25, 0.3) is 0 Å². The molecule has 0 aliphatic carbocycles. The molecule has 1 rings (SSSR count). The number of amides is 1. The van der Waals surface area contributed by atoms with E-state index in [0.717, 1.165) is 6.26 Å². The van der Waals surface area contributed by atoms with Gasteiger partial charge in [-0.25, -0.2) is 12.8 Å². The molecule has 20 heavy (non-hydrogen) atoms. The van der Waals surface area contributed by atoms with Gasteiger partial charge in [0.1, 0.15) is 15.7 Å². The Bertz CT molecular complexity index is 575. The van der Waals surface area contributed by atoms with E-state index in [0.29, 0.717) is 5.56 Å². The summed E-state index contributed by atoms with van der Waals surface area (Å²) in [4.78, 5) is 11.8. The van der Waals surface area contributed by atoms with Gasteiger partial charge in [-0.2, -0.15) is 0 Å². The van der Waals surface area contributed by atoms with E-state index < -0.39 is 33.6 Å². The molecular weight excluding hydrogens is 283 g/mol. The Morgan fingerprint density at radius 3 is 2.55 bits per heavy atom. The molecule has 2 atom stereocenters. The van der Waals surface area contributed by atoms with Crippen molar-refractivity contribution in [2.45, 2.75) is 25.4 Å². The van der Waals surface area contributed by atoms with E-state index in [1.807, 2.05) is 0 Å². The molecule has 1 amide bonds. The van der Waals surface area contributed by atoms with Crippen molar-refractivity contribution < 1.29 is 17.6 Å². The van der Waals surface area contributed by atoms with Gasteiger partial charge in [0.15, 0.2) is 0 Å². The Morgan fingerprint density at radius 2 is 2.00 bits per heavy atom. The number of hydrogen-bond donors (Lipinski definition) is 2. The van der Waals surface area contributed by atoms with Crippen LogP contribution in [0.3, 0.4) is 0 Å². The molecule has 0 bridgehead atoms. The first-order valence-corrected chi connectivity index (χ1v) is 8.25. The maximum absolute atomic E-state index is 13.5. The first-order valence-electron chi connectivity index (χ1n) is 6.19. The first kappa shape index (κ1) is 16.6. The molecule has 1 aromatic rings. The molecule has 0 fully saturated rings. The maximum Gasteiger partial charge on any atom is 0.237 e. The van der Waals surface area contributed by atoms with E-state index in [9.17, 15) is 17.6 Å². The van der Waals surface area contributed by atoms with Crippen molar-refractivity contribution in [1.82, 2.24) is 5.32 Å². The SMILES string of the molecule is C[C@@H](NC(=O)C(N)CCS(C)(=O)=O)c1ccccc1F. The predicted molar refractivity (Wildman–Crippen MR) is 75.3 cm³/mol. The lowest BCUT2D eigenvalue weighted by Gasteiger charge is -2.18. The van der Waals surface area contributed by atoms with Crippen LogP contribution >= 0.6 is 0 Å². The first-order chi connectivity index (χ1) is 9.20. The lowest BCUT2D eigenvalue weighted by Crippen LogP contribution is -2.42. The van der Waals surface area contributed by atoms with Crippen LogP contribution in [-0.2, 0) is 14.6 Å². The average molecular weight is 302 g/mol. The number of nitrogens with one attached hydrogen (secondary N) is 1. The Kier molecular flexibility index (Phi) is 5.64. The second-order valence-electron chi connectivity index (χ2n) is 4.78. The number of halogens is 1. The number of benzene rings is 1. The van der Waals surface area contributed by atoms with Crippen molar-refractivity contribution in [3.05, 3.63) is 35.6 Å². The zero-order valence-corrected chi connectivity index (χ0v) is 12.3. The number of rotatable bonds is 6. The Morgan fingerprint density at radius 1 is 1.40 bits per heavy atom. The highest BCUT2D eigenvalue weighted by Crippen LogP contribution is 2.16. The third kappa shape index (κ3) is 5.26. The quantitative estimate of drug-likeness (QED) is 0.812. The minimum atomic E-state index is -3.16. The van der Waals surface area contributed by atoms with Gasteiger partial charge in [-0.1, -0.05) is 18.2 Å². The minimum Gasteiger partial charge on any atom is -0.348 e. The van der Waals surface area contributed by atoms with Crippen LogP contribution < -0.4 is 11.1 Å². The average Bonchev–Trinajstić information content (AvgIpc) is 2.35. The van der Waals surface area contributed by atoms with Crippen molar-refractivity contribution in [2.75, 3.05) is 12.0 Å². The molecule has 0 spiro atoms. The molecule has 0 aliphatic rings. The molecule has 3 N–H and O–H groups in total. The predicted octanol–water partition coefficient (Wildman–Crippen LogP) is 0.765. The lowest BCUT2D eigenvalue weighted by molar-refractivity contribution is -0.123. The van der Waals surface area contributed by atoms with Gasteiger partial charge in [-0.15, -0.1) is 0 Å². The fourth-order valence-electron chi connectivity index (χ4n) is 1.70. The highest BCUT2D eigenvalue weighted by Gasteiger charge is 2.19. The minimum absolute atomic E-state index is 0.0364. The monoisotopic (exact) mass is 302 g/mol. The lowest BCUT2D eigenvalue weighted by atomic mass is 10.1. The number of sulfone groups is 1. The summed E-state index contributed by atoms with van der Waals surface area (Å²) in [5.41, 5.74) is 5.98. The molecule has 0 saturated heterocycles. The zero-order chi connectivity index (χ0) is 15.3. The summed E-state index contributed by atoms with van der Waals surface area (Å²) in [6.07, 6.45) is 1.12. The Balaban J connectivity index is 2.60.